The molecule has 3 N–H and O–H groups in total. The lowest BCUT2D eigenvalue weighted by atomic mass is 9.91. The number of carbonyl (C=O) groups excluding carboxylic acids is 2. The highest BCUT2D eigenvalue weighted by molar-refractivity contribution is 8.18. The highest BCUT2D eigenvalue weighted by Gasteiger charge is 2.25. The fraction of sp³-hybridized carbons (Fsp3) is 0.308. The highest BCUT2D eigenvalue weighted by Crippen LogP contribution is 2.26. The number of aliphatic imine (C=N–C) groups is 2. The molecule has 2 heterocycles. The van der Waals surface area contributed by atoms with Crippen LogP contribution in [-0.4, -0.2) is 35.9 Å². The Morgan fingerprint density at radius 1 is 1.23 bits per heavy atom. The van der Waals surface area contributed by atoms with Crippen molar-refractivity contribution in [1.29, 1.82) is 0 Å². The van der Waals surface area contributed by atoms with Gasteiger partial charge in [-0.25, -0.2) is 9.98 Å². The SMILES string of the molecule is C=NC(=NC1CCC(NCc2ccccc2-c2ccoc2)CC1)NC(=C\C)/C=C1\SC(=O)NC1=O. The Labute approximate surface area is 209 Å². The number of amides is 2. The summed E-state index contributed by atoms with van der Waals surface area (Å²) in [6, 6.07) is 10.9. The Bertz CT molecular complexity index is 1160. The lowest BCUT2D eigenvalue weighted by Gasteiger charge is -2.27. The molecule has 2 aliphatic rings. The van der Waals surface area contributed by atoms with Gasteiger partial charge in [0.25, 0.3) is 11.1 Å². The fourth-order valence-corrected chi connectivity index (χ4v) is 4.88. The van der Waals surface area contributed by atoms with Crippen LogP contribution in [0.4, 0.5) is 4.79 Å². The summed E-state index contributed by atoms with van der Waals surface area (Å²) in [4.78, 5) is 32.3. The number of nitrogens with zero attached hydrogens (tertiary/aromatic N) is 2. The Morgan fingerprint density at radius 2 is 2.03 bits per heavy atom. The standard InChI is InChI=1S/C26H29N5O3S/c1-3-19(14-23-24(32)31-26(33)35-23)29-25(27-2)30-21-10-8-20(9-11-21)28-15-17-6-4-5-7-22(17)18-12-13-34-16-18/h3-7,12-14,16,20-21,28H,2,8-11,15H2,1H3,(H,29,30)(H,31,32,33)/b19-3-,23-14-. The zero-order valence-corrected chi connectivity index (χ0v) is 20.4. The van der Waals surface area contributed by atoms with Crippen molar-refractivity contribution in [3.8, 4) is 11.1 Å². The molecule has 2 aromatic rings. The van der Waals surface area contributed by atoms with E-state index in [0.717, 1.165) is 49.6 Å². The van der Waals surface area contributed by atoms with Gasteiger partial charge in [-0.2, -0.15) is 0 Å². The van der Waals surface area contributed by atoms with E-state index >= 15 is 0 Å². The van der Waals surface area contributed by atoms with Gasteiger partial charge < -0.3 is 15.1 Å². The fourth-order valence-electron chi connectivity index (χ4n) is 4.21. The van der Waals surface area contributed by atoms with Gasteiger partial charge in [0, 0.05) is 23.8 Å². The average molecular weight is 492 g/mol. The number of nitrogens with one attached hydrogen (secondary N) is 3. The first-order chi connectivity index (χ1) is 17.1. The normalized spacial score (nSPS) is 22.4. The molecule has 0 radical (unpaired) electrons. The van der Waals surface area contributed by atoms with E-state index < -0.39 is 5.91 Å². The van der Waals surface area contributed by atoms with Crippen LogP contribution in [0.25, 0.3) is 11.1 Å². The van der Waals surface area contributed by atoms with E-state index in [-0.39, 0.29) is 11.3 Å². The van der Waals surface area contributed by atoms with Gasteiger partial charge in [-0.3, -0.25) is 14.9 Å². The van der Waals surface area contributed by atoms with E-state index in [4.69, 9.17) is 9.41 Å². The first kappa shape index (κ1) is 24.7. The van der Waals surface area contributed by atoms with Crippen molar-refractivity contribution in [3.05, 3.63) is 71.2 Å². The Morgan fingerprint density at radius 3 is 2.69 bits per heavy atom. The van der Waals surface area contributed by atoms with Gasteiger partial charge >= 0.3 is 0 Å². The Kier molecular flexibility index (Phi) is 8.33. The maximum absolute atomic E-state index is 11.8. The minimum absolute atomic E-state index is 0.149. The molecule has 0 atom stereocenters. The third-order valence-corrected chi connectivity index (χ3v) is 6.89. The summed E-state index contributed by atoms with van der Waals surface area (Å²) in [5.74, 6) is 0.0135. The second-order valence-electron chi connectivity index (χ2n) is 8.39. The molecule has 1 aromatic heterocycles. The van der Waals surface area contributed by atoms with E-state index in [0.29, 0.717) is 22.6 Å². The van der Waals surface area contributed by atoms with Gasteiger partial charge in [-0.05, 0) is 74.4 Å². The topological polar surface area (TPSA) is 108 Å². The predicted molar refractivity (Wildman–Crippen MR) is 140 cm³/mol. The van der Waals surface area contributed by atoms with Crippen LogP contribution < -0.4 is 16.0 Å². The number of guanidine groups is 1. The first-order valence-electron chi connectivity index (χ1n) is 11.6. The quantitative estimate of drug-likeness (QED) is 0.293. The van der Waals surface area contributed by atoms with Crippen molar-refractivity contribution in [3.63, 3.8) is 0 Å². The van der Waals surface area contributed by atoms with E-state index in [1.165, 1.54) is 11.1 Å². The lowest BCUT2D eigenvalue weighted by molar-refractivity contribution is -0.115. The van der Waals surface area contributed by atoms with Gasteiger partial charge in [0.1, 0.15) is 0 Å². The van der Waals surface area contributed by atoms with Crippen LogP contribution in [0, 0.1) is 0 Å². The monoisotopic (exact) mass is 491 g/mol. The second kappa shape index (κ2) is 11.8. The smallest absolute Gasteiger partial charge is 0.290 e. The minimum Gasteiger partial charge on any atom is -0.472 e. The van der Waals surface area contributed by atoms with Gasteiger partial charge in [-0.15, -0.1) is 0 Å². The van der Waals surface area contributed by atoms with Gasteiger partial charge in [0.05, 0.1) is 23.5 Å². The molecule has 0 spiro atoms. The number of imide groups is 1. The molecular weight excluding hydrogens is 462 g/mol. The van der Waals surface area contributed by atoms with E-state index in [2.05, 4.69) is 45.9 Å². The Balaban J connectivity index is 1.30. The number of allylic oxidation sites excluding steroid dienone is 2. The molecule has 1 aromatic carbocycles. The van der Waals surface area contributed by atoms with Crippen LogP contribution in [0.2, 0.25) is 0 Å². The van der Waals surface area contributed by atoms with Crippen LogP contribution in [0.1, 0.15) is 38.2 Å². The summed E-state index contributed by atoms with van der Waals surface area (Å²) in [6.45, 7) is 6.27. The van der Waals surface area contributed by atoms with E-state index in [9.17, 15) is 9.59 Å². The summed E-state index contributed by atoms with van der Waals surface area (Å²) < 4.78 is 5.26. The molecule has 182 valence electrons. The molecule has 0 unspecified atom stereocenters. The Hall–Kier alpha value is -3.43. The summed E-state index contributed by atoms with van der Waals surface area (Å²) in [5, 5.41) is 8.70. The number of carbonyl (C=O) groups is 2. The van der Waals surface area contributed by atoms with Crippen LogP contribution in [0.3, 0.4) is 0 Å². The van der Waals surface area contributed by atoms with Crippen molar-refractivity contribution in [2.75, 3.05) is 0 Å². The van der Waals surface area contributed by atoms with Crippen molar-refractivity contribution in [1.82, 2.24) is 16.0 Å². The highest BCUT2D eigenvalue weighted by atomic mass is 32.2. The van der Waals surface area contributed by atoms with Crippen molar-refractivity contribution < 1.29 is 14.0 Å². The number of hydrogen-bond acceptors (Lipinski definition) is 6. The zero-order chi connectivity index (χ0) is 24.6. The summed E-state index contributed by atoms with van der Waals surface area (Å²) in [7, 11) is 0. The van der Waals surface area contributed by atoms with Gasteiger partial charge in [0.15, 0.2) is 0 Å². The molecule has 8 nitrogen and oxygen atoms in total. The largest absolute Gasteiger partial charge is 0.472 e. The zero-order valence-electron chi connectivity index (χ0n) is 19.6. The molecule has 35 heavy (non-hydrogen) atoms. The second-order valence-corrected chi connectivity index (χ2v) is 9.40. The van der Waals surface area contributed by atoms with Crippen LogP contribution >= 0.6 is 11.8 Å². The number of furan rings is 1. The molecule has 1 saturated carbocycles. The summed E-state index contributed by atoms with van der Waals surface area (Å²) in [5.41, 5.74) is 4.16. The van der Waals surface area contributed by atoms with Gasteiger partial charge in [0.2, 0.25) is 5.96 Å². The molecular formula is C26H29N5O3S. The van der Waals surface area contributed by atoms with Crippen LogP contribution in [0.5, 0.6) is 0 Å². The third kappa shape index (κ3) is 6.58. The third-order valence-electron chi connectivity index (χ3n) is 6.08. The van der Waals surface area contributed by atoms with Crippen molar-refractivity contribution in [2.45, 2.75) is 51.2 Å². The molecule has 4 rings (SSSR count). The molecule has 2 fully saturated rings. The first-order valence-corrected chi connectivity index (χ1v) is 12.4. The van der Waals surface area contributed by atoms with Crippen LogP contribution in [-0.2, 0) is 11.3 Å². The summed E-state index contributed by atoms with van der Waals surface area (Å²) in [6.07, 6.45) is 10.8. The van der Waals surface area contributed by atoms with E-state index in [1.807, 2.05) is 19.1 Å². The summed E-state index contributed by atoms with van der Waals surface area (Å²) >= 11 is 0.874. The molecule has 1 aliphatic heterocycles. The molecule has 1 saturated heterocycles. The molecule has 2 amide bonds. The number of thioether (sulfide) groups is 1. The van der Waals surface area contributed by atoms with Gasteiger partial charge in [-0.1, -0.05) is 30.3 Å². The number of hydrogen-bond donors (Lipinski definition) is 3. The maximum Gasteiger partial charge on any atom is 0.290 e. The maximum atomic E-state index is 11.8. The van der Waals surface area contributed by atoms with Crippen LogP contribution in [0.15, 0.2) is 80.0 Å². The predicted octanol–water partition coefficient (Wildman–Crippen LogP) is 4.76. The molecule has 1 aliphatic carbocycles. The van der Waals surface area contributed by atoms with Crippen molar-refractivity contribution >= 4 is 35.6 Å². The average Bonchev–Trinajstić information content (AvgIpc) is 3.52. The molecule has 9 heteroatoms. The number of benzene rings is 1. The minimum atomic E-state index is -0.399. The number of rotatable bonds is 7. The lowest BCUT2D eigenvalue weighted by Crippen LogP contribution is -2.34. The van der Waals surface area contributed by atoms with Crippen molar-refractivity contribution in [2.24, 2.45) is 9.98 Å². The van der Waals surface area contributed by atoms with E-state index in [1.54, 1.807) is 24.7 Å². The molecule has 0 bridgehead atoms.